The molecule has 2 amide bonds. The lowest BCUT2D eigenvalue weighted by Gasteiger charge is -2.41. The lowest BCUT2D eigenvalue weighted by Crippen LogP contribution is -2.58. The van der Waals surface area contributed by atoms with Crippen LogP contribution in [0, 0.1) is 23.7 Å². The van der Waals surface area contributed by atoms with Gasteiger partial charge >= 0.3 is 0 Å². The lowest BCUT2D eigenvalue weighted by atomic mass is 9.70. The number of benzene rings is 2. The van der Waals surface area contributed by atoms with Gasteiger partial charge in [0.1, 0.15) is 67.1 Å². The molecule has 1 aliphatic carbocycles. The Morgan fingerprint density at radius 1 is 0.750 bits per heavy atom. The highest BCUT2D eigenvalue weighted by atomic mass is 16.5. The Kier molecular flexibility index (Phi) is 10.2. The summed E-state index contributed by atoms with van der Waals surface area (Å²) in [6.07, 6.45) is -11.7. The number of fused-ring (bicyclic) bond motifs is 5. The van der Waals surface area contributed by atoms with E-state index in [0.717, 1.165) is 22.3 Å². The number of carbonyl (C=O) groups is 2. The number of rotatable bonds is 3. The molecule has 2 aromatic rings. The van der Waals surface area contributed by atoms with Crippen molar-refractivity contribution in [3.8, 4) is 34.8 Å². The van der Waals surface area contributed by atoms with E-state index in [2.05, 4.69) is 29.0 Å². The van der Waals surface area contributed by atoms with Crippen LogP contribution >= 0.6 is 0 Å². The molecule has 0 bridgehead atoms. The quantitative estimate of drug-likeness (QED) is 0.147. The van der Waals surface area contributed by atoms with Gasteiger partial charge in [0.2, 0.25) is 11.8 Å². The molecule has 2 aromatic carbocycles. The van der Waals surface area contributed by atoms with Gasteiger partial charge in [-0.1, -0.05) is 35.8 Å². The minimum Gasteiger partial charge on any atom is -0.394 e. The Bertz CT molecular complexity index is 1730. The van der Waals surface area contributed by atoms with Gasteiger partial charge < -0.3 is 60.5 Å². The normalized spacial score (nSPS) is 34.7. The average molecular weight is 719 g/mol. The molecular weight excluding hydrogens is 676 g/mol. The number of aliphatic hydroxyl groups is 8. The van der Waals surface area contributed by atoms with E-state index in [4.69, 9.17) is 9.47 Å². The summed E-state index contributed by atoms with van der Waals surface area (Å²) in [5.74, 6) is 11.5. The van der Waals surface area contributed by atoms with Crippen LogP contribution in [-0.2, 0) is 24.5 Å². The number of likely N-dealkylation sites (tertiary alicyclic amines) is 1. The predicted molar refractivity (Wildman–Crippen MR) is 181 cm³/mol. The topological polar surface area (TPSA) is 230 Å². The summed E-state index contributed by atoms with van der Waals surface area (Å²) >= 11 is 0. The van der Waals surface area contributed by atoms with Gasteiger partial charge in [0, 0.05) is 36.1 Å². The summed E-state index contributed by atoms with van der Waals surface area (Å²) in [6.45, 7) is -0.286. The summed E-state index contributed by atoms with van der Waals surface area (Å²) in [7, 11) is 0. The van der Waals surface area contributed by atoms with Crippen LogP contribution in [0.25, 0.3) is 11.1 Å². The third kappa shape index (κ3) is 6.39. The molecule has 276 valence electrons. The predicted octanol–water partition coefficient (Wildman–Crippen LogP) is -2.76. The van der Waals surface area contributed by atoms with E-state index in [1.54, 1.807) is 4.90 Å². The van der Waals surface area contributed by atoms with Gasteiger partial charge in [-0.25, -0.2) is 0 Å². The summed E-state index contributed by atoms with van der Waals surface area (Å²) in [5, 5.41) is 83.7. The second kappa shape index (κ2) is 14.5. The highest BCUT2D eigenvalue weighted by molar-refractivity contribution is 5.91. The van der Waals surface area contributed by atoms with E-state index in [9.17, 15) is 50.4 Å². The minimum absolute atomic E-state index is 0.113. The van der Waals surface area contributed by atoms with Crippen LogP contribution in [0.3, 0.4) is 0 Å². The second-order valence-corrected chi connectivity index (χ2v) is 14.1. The molecule has 0 radical (unpaired) electrons. The van der Waals surface area contributed by atoms with Crippen molar-refractivity contribution < 1.29 is 59.9 Å². The average Bonchev–Trinajstić information content (AvgIpc) is 3.71. The van der Waals surface area contributed by atoms with E-state index in [0.29, 0.717) is 49.9 Å². The Morgan fingerprint density at radius 3 is 1.65 bits per heavy atom. The van der Waals surface area contributed by atoms with Gasteiger partial charge in [-0.2, -0.15) is 0 Å². The van der Waals surface area contributed by atoms with Crippen LogP contribution in [-0.4, -0.2) is 151 Å². The van der Waals surface area contributed by atoms with Gasteiger partial charge in [0.25, 0.3) is 0 Å². The molecule has 0 aromatic heterocycles. The number of aliphatic hydroxyl groups excluding tert-OH is 8. The van der Waals surface area contributed by atoms with Gasteiger partial charge in [0.05, 0.1) is 13.2 Å². The molecule has 11 atom stereocenters. The molecule has 14 nitrogen and oxygen atoms in total. The van der Waals surface area contributed by atoms with Crippen molar-refractivity contribution in [1.29, 1.82) is 0 Å². The van der Waals surface area contributed by atoms with Gasteiger partial charge in [-0.3, -0.25) is 9.59 Å². The van der Waals surface area contributed by atoms with Crippen molar-refractivity contribution in [1.82, 2.24) is 10.2 Å². The van der Waals surface area contributed by atoms with Crippen LogP contribution in [0.1, 0.15) is 47.9 Å². The molecule has 4 fully saturated rings. The molecular formula is C38H42N2O12. The van der Waals surface area contributed by atoms with Crippen LogP contribution in [0.2, 0.25) is 0 Å². The van der Waals surface area contributed by atoms with Gasteiger partial charge in [0.15, 0.2) is 0 Å². The molecule has 4 saturated heterocycles. The number of amides is 2. The summed E-state index contributed by atoms with van der Waals surface area (Å²) in [6, 6.07) is 10.9. The number of hydrogen-bond donors (Lipinski definition) is 9. The van der Waals surface area contributed by atoms with Gasteiger partial charge in [-0.15, -0.1) is 0 Å². The number of hydrogen-bond acceptors (Lipinski definition) is 12. The van der Waals surface area contributed by atoms with Crippen LogP contribution in [0.4, 0.5) is 0 Å². The van der Waals surface area contributed by atoms with Crippen molar-refractivity contribution in [3.63, 3.8) is 0 Å². The first-order chi connectivity index (χ1) is 24.9. The Hall–Kier alpha value is -3.90. The number of nitrogens with one attached hydrogen (secondary N) is 1. The van der Waals surface area contributed by atoms with Gasteiger partial charge in [-0.05, 0) is 65.8 Å². The molecule has 4 heterocycles. The maximum absolute atomic E-state index is 13.4. The van der Waals surface area contributed by atoms with E-state index in [1.807, 2.05) is 36.4 Å². The fraction of sp³-hybridized carbons (Fsp3) is 0.526. The van der Waals surface area contributed by atoms with E-state index >= 15 is 0 Å². The highest BCUT2D eigenvalue weighted by Gasteiger charge is 2.48. The molecule has 5 aliphatic rings. The molecule has 14 heteroatoms. The Labute approximate surface area is 299 Å². The number of carbonyl (C=O) groups excluding carboxylic acids is 2. The van der Waals surface area contributed by atoms with Crippen molar-refractivity contribution >= 4 is 11.8 Å². The summed E-state index contributed by atoms with van der Waals surface area (Å²) in [4.78, 5) is 27.0. The monoisotopic (exact) mass is 718 g/mol. The standard InChI is InChI=1S/C38H42N2O12/c41-17-28-33(46)35(48)31(44)26(51-28)8-3-19-1-5-21-22-6-2-20(4-9-27-32(45)36(49)34(47)29(18-42)52-27)16-24(22)38(23(21)15-19)11-13-40(14-12-38)37(50)25-7-10-30(43)39-25/h1-2,5-6,15-16,25-29,31-36,41-42,44-49H,7,10-14,17-18H2,(H,39,43). The van der Waals surface area contributed by atoms with E-state index in [1.165, 1.54) is 0 Å². The zero-order chi connectivity index (χ0) is 36.9. The third-order valence-electron chi connectivity index (χ3n) is 11.1. The maximum Gasteiger partial charge on any atom is 0.245 e. The first-order valence-corrected chi connectivity index (χ1v) is 17.5. The second-order valence-electron chi connectivity index (χ2n) is 14.1. The van der Waals surface area contributed by atoms with E-state index < -0.39 is 85.7 Å². The molecule has 9 N–H and O–H groups in total. The fourth-order valence-corrected chi connectivity index (χ4v) is 8.07. The van der Waals surface area contributed by atoms with Crippen molar-refractivity contribution in [3.05, 3.63) is 58.7 Å². The molecule has 1 spiro atoms. The van der Waals surface area contributed by atoms with Crippen molar-refractivity contribution in [2.45, 2.75) is 98.2 Å². The minimum atomic E-state index is -1.55. The fourth-order valence-electron chi connectivity index (χ4n) is 8.07. The maximum atomic E-state index is 13.4. The first-order valence-electron chi connectivity index (χ1n) is 17.5. The van der Waals surface area contributed by atoms with E-state index in [-0.39, 0.29) is 11.8 Å². The molecule has 4 aliphatic heterocycles. The smallest absolute Gasteiger partial charge is 0.245 e. The molecule has 7 rings (SSSR count). The number of piperidine rings is 1. The lowest BCUT2D eigenvalue weighted by molar-refractivity contribution is -0.214. The summed E-state index contributed by atoms with van der Waals surface area (Å²) in [5.41, 5.74) is 4.50. The Morgan fingerprint density at radius 2 is 1.23 bits per heavy atom. The van der Waals surface area contributed by atoms with Crippen molar-refractivity contribution in [2.75, 3.05) is 26.3 Å². The molecule has 11 unspecified atom stereocenters. The zero-order valence-corrected chi connectivity index (χ0v) is 28.1. The van der Waals surface area contributed by atoms with Crippen molar-refractivity contribution in [2.24, 2.45) is 0 Å². The SMILES string of the molecule is O=C1CCC(C(=O)N2CCC3(CC2)c2cc(C#CC4OC(CO)C(O)C(O)C4O)ccc2-c2ccc(C#CC4OC(CO)C(O)C(O)C4O)cc23)N1. The molecule has 0 saturated carbocycles. The first kappa shape index (κ1) is 36.5. The highest BCUT2D eigenvalue weighted by Crippen LogP contribution is 2.54. The zero-order valence-electron chi connectivity index (χ0n) is 28.1. The Balaban J connectivity index is 1.21. The summed E-state index contributed by atoms with van der Waals surface area (Å²) < 4.78 is 11.1. The number of ether oxygens (including phenoxy) is 2. The third-order valence-corrected chi connectivity index (χ3v) is 11.1. The largest absolute Gasteiger partial charge is 0.394 e. The molecule has 52 heavy (non-hydrogen) atoms. The van der Waals surface area contributed by atoms with Crippen LogP contribution in [0.15, 0.2) is 36.4 Å². The van der Waals surface area contributed by atoms with Crippen LogP contribution < -0.4 is 5.32 Å². The van der Waals surface area contributed by atoms with Crippen LogP contribution in [0.5, 0.6) is 0 Å². The number of nitrogens with zero attached hydrogens (tertiary/aromatic N) is 1.